The molecular weight excluding hydrogens is 214 g/mol. The van der Waals surface area contributed by atoms with Gasteiger partial charge in [-0.15, -0.1) is 0 Å². The average Bonchev–Trinajstić information content (AvgIpc) is 2.78. The Hall–Kier alpha value is -0.120. The summed E-state index contributed by atoms with van der Waals surface area (Å²) in [5, 5.41) is 3.75. The summed E-state index contributed by atoms with van der Waals surface area (Å²) in [6.07, 6.45) is 6.28. The number of hydrogen-bond donors (Lipinski definition) is 1. The SMILES string of the molecule is CC1CCC(C2CCOC3(CCOC3)C2)NC1. The molecule has 4 unspecified atom stereocenters. The summed E-state index contributed by atoms with van der Waals surface area (Å²) < 4.78 is 11.6. The molecule has 3 aliphatic heterocycles. The van der Waals surface area contributed by atoms with Crippen LogP contribution in [-0.2, 0) is 9.47 Å². The zero-order valence-corrected chi connectivity index (χ0v) is 10.9. The van der Waals surface area contributed by atoms with Crippen molar-refractivity contribution in [1.29, 1.82) is 0 Å². The largest absolute Gasteiger partial charge is 0.378 e. The van der Waals surface area contributed by atoms with E-state index < -0.39 is 0 Å². The van der Waals surface area contributed by atoms with E-state index >= 15 is 0 Å². The van der Waals surface area contributed by atoms with E-state index in [1.165, 1.54) is 32.2 Å². The first kappa shape index (κ1) is 11.9. The third-order valence-electron chi connectivity index (χ3n) is 4.87. The molecule has 0 radical (unpaired) electrons. The molecule has 3 rings (SSSR count). The minimum absolute atomic E-state index is 0.0770. The topological polar surface area (TPSA) is 30.5 Å². The van der Waals surface area contributed by atoms with E-state index in [0.29, 0.717) is 0 Å². The molecule has 3 fully saturated rings. The predicted octanol–water partition coefficient (Wildman–Crippen LogP) is 1.96. The molecule has 98 valence electrons. The first-order valence-corrected chi connectivity index (χ1v) is 7.22. The zero-order chi connectivity index (χ0) is 11.7. The van der Waals surface area contributed by atoms with Crippen LogP contribution in [-0.4, -0.2) is 38.0 Å². The van der Waals surface area contributed by atoms with Crippen LogP contribution in [0.3, 0.4) is 0 Å². The molecule has 1 N–H and O–H groups in total. The number of hydrogen-bond acceptors (Lipinski definition) is 3. The number of piperidine rings is 1. The molecule has 1 spiro atoms. The van der Waals surface area contributed by atoms with Gasteiger partial charge in [-0.3, -0.25) is 0 Å². The van der Waals surface area contributed by atoms with Crippen molar-refractivity contribution in [3.05, 3.63) is 0 Å². The van der Waals surface area contributed by atoms with Gasteiger partial charge in [-0.25, -0.2) is 0 Å². The zero-order valence-electron chi connectivity index (χ0n) is 10.9. The fraction of sp³-hybridized carbons (Fsp3) is 1.00. The van der Waals surface area contributed by atoms with E-state index in [1.54, 1.807) is 0 Å². The molecule has 3 aliphatic rings. The summed E-state index contributed by atoms with van der Waals surface area (Å²) in [6, 6.07) is 0.729. The lowest BCUT2D eigenvalue weighted by atomic mass is 9.78. The van der Waals surface area contributed by atoms with E-state index in [4.69, 9.17) is 9.47 Å². The molecule has 0 aliphatic carbocycles. The van der Waals surface area contributed by atoms with Gasteiger partial charge in [0.2, 0.25) is 0 Å². The Morgan fingerprint density at radius 2 is 2.12 bits per heavy atom. The first-order valence-electron chi connectivity index (χ1n) is 7.22. The van der Waals surface area contributed by atoms with Gasteiger partial charge in [0.05, 0.1) is 12.2 Å². The van der Waals surface area contributed by atoms with E-state index in [1.807, 2.05) is 0 Å². The monoisotopic (exact) mass is 239 g/mol. The Balaban J connectivity index is 1.60. The van der Waals surface area contributed by atoms with Gasteiger partial charge in [-0.05, 0) is 44.1 Å². The first-order chi connectivity index (χ1) is 8.27. The maximum absolute atomic E-state index is 6.02. The smallest absolute Gasteiger partial charge is 0.0939 e. The number of rotatable bonds is 1. The summed E-state index contributed by atoms with van der Waals surface area (Å²) in [6.45, 7) is 6.20. The standard InChI is InChI=1S/C14H25NO2/c1-11-2-3-13(15-9-11)12-4-6-17-14(8-12)5-7-16-10-14/h11-13,15H,2-10H2,1H3. The van der Waals surface area contributed by atoms with Crippen molar-refractivity contribution in [3.8, 4) is 0 Å². The van der Waals surface area contributed by atoms with Crippen LogP contribution < -0.4 is 5.32 Å². The summed E-state index contributed by atoms with van der Waals surface area (Å²) >= 11 is 0. The normalized spacial score (nSPS) is 47.5. The van der Waals surface area contributed by atoms with Crippen LogP contribution in [0.2, 0.25) is 0 Å². The molecule has 0 aromatic carbocycles. The summed E-state index contributed by atoms with van der Waals surface area (Å²) in [7, 11) is 0. The molecule has 0 bridgehead atoms. The second kappa shape index (κ2) is 4.87. The van der Waals surface area contributed by atoms with Crippen molar-refractivity contribution in [1.82, 2.24) is 5.32 Å². The lowest BCUT2D eigenvalue weighted by molar-refractivity contribution is -0.104. The van der Waals surface area contributed by atoms with Crippen molar-refractivity contribution in [3.63, 3.8) is 0 Å². The van der Waals surface area contributed by atoms with Crippen LogP contribution in [0.15, 0.2) is 0 Å². The fourth-order valence-corrected chi connectivity index (χ4v) is 3.70. The van der Waals surface area contributed by atoms with Gasteiger partial charge < -0.3 is 14.8 Å². The molecule has 3 nitrogen and oxygen atoms in total. The quantitative estimate of drug-likeness (QED) is 0.759. The Morgan fingerprint density at radius 3 is 2.82 bits per heavy atom. The van der Waals surface area contributed by atoms with Crippen LogP contribution in [0.5, 0.6) is 0 Å². The Kier molecular flexibility index (Phi) is 3.42. The van der Waals surface area contributed by atoms with Crippen molar-refractivity contribution in [2.45, 2.75) is 50.7 Å². The number of ether oxygens (including phenoxy) is 2. The van der Waals surface area contributed by atoms with E-state index in [-0.39, 0.29) is 5.60 Å². The van der Waals surface area contributed by atoms with E-state index in [9.17, 15) is 0 Å². The van der Waals surface area contributed by atoms with Crippen molar-refractivity contribution in [2.75, 3.05) is 26.4 Å². The third-order valence-corrected chi connectivity index (χ3v) is 4.87. The van der Waals surface area contributed by atoms with Crippen LogP contribution in [0.1, 0.15) is 39.0 Å². The van der Waals surface area contributed by atoms with Crippen LogP contribution in [0, 0.1) is 11.8 Å². The summed E-state index contributed by atoms with van der Waals surface area (Å²) in [5.74, 6) is 1.66. The Bertz CT molecular complexity index is 255. The van der Waals surface area contributed by atoms with Gasteiger partial charge in [0.25, 0.3) is 0 Å². The minimum atomic E-state index is 0.0770. The Labute approximate surface area is 104 Å². The predicted molar refractivity (Wildman–Crippen MR) is 67.0 cm³/mol. The van der Waals surface area contributed by atoms with Gasteiger partial charge in [0, 0.05) is 25.7 Å². The van der Waals surface area contributed by atoms with Gasteiger partial charge in [0.1, 0.15) is 0 Å². The van der Waals surface area contributed by atoms with E-state index in [0.717, 1.165) is 44.1 Å². The number of nitrogens with one attached hydrogen (secondary N) is 1. The van der Waals surface area contributed by atoms with Gasteiger partial charge >= 0.3 is 0 Å². The van der Waals surface area contributed by atoms with Crippen molar-refractivity contribution in [2.24, 2.45) is 11.8 Å². The Morgan fingerprint density at radius 1 is 1.18 bits per heavy atom. The van der Waals surface area contributed by atoms with Crippen LogP contribution in [0.25, 0.3) is 0 Å². The molecule has 3 saturated heterocycles. The second-order valence-corrected chi connectivity index (χ2v) is 6.28. The van der Waals surface area contributed by atoms with Gasteiger partial charge in [-0.2, -0.15) is 0 Å². The highest BCUT2D eigenvalue weighted by molar-refractivity contribution is 4.94. The summed E-state index contributed by atoms with van der Waals surface area (Å²) in [5.41, 5.74) is 0.0770. The molecule has 3 heterocycles. The second-order valence-electron chi connectivity index (χ2n) is 6.28. The maximum Gasteiger partial charge on any atom is 0.0939 e. The summed E-state index contributed by atoms with van der Waals surface area (Å²) in [4.78, 5) is 0. The minimum Gasteiger partial charge on any atom is -0.378 e. The molecule has 0 saturated carbocycles. The molecule has 0 aromatic heterocycles. The highest BCUT2D eigenvalue weighted by Gasteiger charge is 2.43. The molecule has 3 heteroatoms. The van der Waals surface area contributed by atoms with Crippen LogP contribution in [0.4, 0.5) is 0 Å². The third kappa shape index (κ3) is 2.51. The maximum atomic E-state index is 6.02. The highest BCUT2D eigenvalue weighted by atomic mass is 16.6. The van der Waals surface area contributed by atoms with E-state index in [2.05, 4.69) is 12.2 Å². The lowest BCUT2D eigenvalue weighted by Crippen LogP contribution is -2.49. The lowest BCUT2D eigenvalue weighted by Gasteiger charge is -2.42. The van der Waals surface area contributed by atoms with Crippen molar-refractivity contribution >= 4 is 0 Å². The molecular formula is C14H25NO2. The molecule has 0 amide bonds. The molecule has 0 aromatic rings. The molecule has 17 heavy (non-hydrogen) atoms. The van der Waals surface area contributed by atoms with Crippen molar-refractivity contribution < 1.29 is 9.47 Å². The fourth-order valence-electron chi connectivity index (χ4n) is 3.70. The van der Waals surface area contributed by atoms with Gasteiger partial charge in [0.15, 0.2) is 0 Å². The average molecular weight is 239 g/mol. The van der Waals surface area contributed by atoms with Gasteiger partial charge in [-0.1, -0.05) is 6.92 Å². The highest BCUT2D eigenvalue weighted by Crippen LogP contribution is 2.38. The van der Waals surface area contributed by atoms with Crippen LogP contribution >= 0.6 is 0 Å². The molecule has 4 atom stereocenters.